The van der Waals surface area contributed by atoms with Gasteiger partial charge in [0, 0.05) is 18.3 Å². The van der Waals surface area contributed by atoms with Gasteiger partial charge in [0.15, 0.2) is 0 Å². The number of hydrogen-bond donors (Lipinski definition) is 2. The van der Waals surface area contributed by atoms with E-state index in [1.165, 1.54) is 11.9 Å². The van der Waals surface area contributed by atoms with E-state index in [4.69, 9.17) is 0 Å². The molecule has 0 fully saturated rings. The van der Waals surface area contributed by atoms with Gasteiger partial charge >= 0.3 is 0 Å². The van der Waals surface area contributed by atoms with Crippen LogP contribution in [0.2, 0.25) is 0 Å². The van der Waals surface area contributed by atoms with Crippen LogP contribution in [0.4, 0.5) is 11.5 Å². The Balaban J connectivity index is 1.59. The molecule has 0 aliphatic carbocycles. The number of anilines is 2. The van der Waals surface area contributed by atoms with E-state index >= 15 is 0 Å². The molecule has 126 valence electrons. The third kappa shape index (κ3) is 4.88. The first kappa shape index (κ1) is 16.6. The Morgan fingerprint density at radius 3 is 2.64 bits per heavy atom. The fourth-order valence-electron chi connectivity index (χ4n) is 2.48. The van der Waals surface area contributed by atoms with Gasteiger partial charge in [0.2, 0.25) is 0 Å². The van der Waals surface area contributed by atoms with E-state index in [1.54, 1.807) is 6.07 Å². The highest BCUT2D eigenvalue weighted by Gasteiger charge is 2.09. The zero-order valence-corrected chi connectivity index (χ0v) is 14.1. The maximum absolute atomic E-state index is 12.3. The highest BCUT2D eigenvalue weighted by atomic mass is 16.1. The van der Waals surface area contributed by atoms with E-state index in [2.05, 4.69) is 32.7 Å². The summed E-state index contributed by atoms with van der Waals surface area (Å²) in [6, 6.07) is 19.5. The summed E-state index contributed by atoms with van der Waals surface area (Å²) in [6.45, 7) is 2.72. The number of carbonyl (C=O) groups excluding carboxylic acids is 1. The Morgan fingerprint density at radius 1 is 1.00 bits per heavy atom. The second kappa shape index (κ2) is 8.06. The molecule has 2 N–H and O–H groups in total. The molecule has 0 aliphatic heterocycles. The van der Waals surface area contributed by atoms with Crippen molar-refractivity contribution in [2.45, 2.75) is 13.3 Å². The van der Waals surface area contributed by atoms with E-state index in [9.17, 15) is 4.79 Å². The molecule has 0 aliphatic rings. The summed E-state index contributed by atoms with van der Waals surface area (Å²) < 4.78 is 0. The second-order valence-electron chi connectivity index (χ2n) is 5.77. The first-order valence-electron chi connectivity index (χ1n) is 8.18. The molecule has 5 heteroatoms. The molecule has 25 heavy (non-hydrogen) atoms. The molecule has 0 atom stereocenters. The SMILES string of the molecule is Cc1cccc(NC(=O)c2cc(NCCc3ccccc3)ncn2)c1. The Morgan fingerprint density at radius 2 is 1.84 bits per heavy atom. The maximum atomic E-state index is 12.3. The van der Waals surface area contributed by atoms with Crippen molar-refractivity contribution in [1.29, 1.82) is 0 Å². The van der Waals surface area contributed by atoms with Crippen LogP contribution in [0.3, 0.4) is 0 Å². The number of aromatic nitrogens is 2. The number of amides is 1. The number of rotatable bonds is 6. The average molecular weight is 332 g/mol. The van der Waals surface area contributed by atoms with Gasteiger partial charge in [-0.05, 0) is 36.6 Å². The molecule has 0 unspecified atom stereocenters. The van der Waals surface area contributed by atoms with Crippen molar-refractivity contribution in [2.24, 2.45) is 0 Å². The van der Waals surface area contributed by atoms with Crippen LogP contribution in [0.15, 0.2) is 67.0 Å². The van der Waals surface area contributed by atoms with Crippen molar-refractivity contribution < 1.29 is 4.79 Å². The van der Waals surface area contributed by atoms with Crippen molar-refractivity contribution in [3.05, 3.63) is 83.8 Å². The number of carbonyl (C=O) groups is 1. The number of benzene rings is 2. The standard InChI is InChI=1S/C20H20N4O/c1-15-6-5-9-17(12-15)24-20(25)18-13-19(23-14-22-18)21-11-10-16-7-3-2-4-8-16/h2-9,12-14H,10-11H2,1H3,(H,24,25)(H,21,22,23). The predicted molar refractivity (Wildman–Crippen MR) is 99.8 cm³/mol. The van der Waals surface area contributed by atoms with Crippen molar-refractivity contribution in [1.82, 2.24) is 9.97 Å². The van der Waals surface area contributed by atoms with Crippen molar-refractivity contribution >= 4 is 17.4 Å². The molecule has 1 amide bonds. The summed E-state index contributed by atoms with van der Waals surface area (Å²) in [6.07, 6.45) is 2.28. The molecule has 0 spiro atoms. The molecule has 0 radical (unpaired) electrons. The topological polar surface area (TPSA) is 66.9 Å². The van der Waals surface area contributed by atoms with Crippen LogP contribution in [-0.4, -0.2) is 22.4 Å². The van der Waals surface area contributed by atoms with Gasteiger partial charge in [-0.25, -0.2) is 9.97 Å². The summed E-state index contributed by atoms with van der Waals surface area (Å²) in [4.78, 5) is 20.6. The van der Waals surface area contributed by atoms with E-state index in [1.807, 2.05) is 49.4 Å². The van der Waals surface area contributed by atoms with Crippen molar-refractivity contribution in [3.63, 3.8) is 0 Å². The number of hydrogen-bond acceptors (Lipinski definition) is 4. The summed E-state index contributed by atoms with van der Waals surface area (Å²) in [5.74, 6) is 0.388. The Kier molecular flexibility index (Phi) is 5.36. The second-order valence-corrected chi connectivity index (χ2v) is 5.77. The normalized spacial score (nSPS) is 10.3. The van der Waals surface area contributed by atoms with Gasteiger partial charge in [-0.3, -0.25) is 4.79 Å². The van der Waals surface area contributed by atoms with Gasteiger partial charge in [-0.2, -0.15) is 0 Å². The molecule has 0 saturated heterocycles. The van der Waals surface area contributed by atoms with Crippen molar-refractivity contribution in [2.75, 3.05) is 17.2 Å². The van der Waals surface area contributed by atoms with E-state index in [0.717, 1.165) is 24.2 Å². The summed E-state index contributed by atoms with van der Waals surface area (Å²) >= 11 is 0. The minimum atomic E-state index is -0.251. The molecule has 1 heterocycles. The van der Waals surface area contributed by atoms with Crippen molar-refractivity contribution in [3.8, 4) is 0 Å². The molecule has 0 saturated carbocycles. The van der Waals surface area contributed by atoms with Crippen LogP contribution in [-0.2, 0) is 6.42 Å². The van der Waals surface area contributed by atoms with Crippen LogP contribution < -0.4 is 10.6 Å². The molecule has 0 bridgehead atoms. The first-order chi connectivity index (χ1) is 12.2. The average Bonchev–Trinajstić information content (AvgIpc) is 2.63. The first-order valence-corrected chi connectivity index (χ1v) is 8.18. The lowest BCUT2D eigenvalue weighted by Gasteiger charge is -2.08. The molecule has 1 aromatic heterocycles. The lowest BCUT2D eigenvalue weighted by molar-refractivity contribution is 0.102. The molecular formula is C20H20N4O. The molecule has 2 aromatic carbocycles. The van der Waals surface area contributed by atoms with Gasteiger partial charge in [0.1, 0.15) is 17.8 Å². The minimum absolute atomic E-state index is 0.251. The largest absolute Gasteiger partial charge is 0.370 e. The van der Waals surface area contributed by atoms with Crippen LogP contribution in [0.1, 0.15) is 21.6 Å². The lowest BCUT2D eigenvalue weighted by atomic mass is 10.1. The van der Waals surface area contributed by atoms with Gasteiger partial charge in [-0.1, -0.05) is 42.5 Å². The van der Waals surface area contributed by atoms with E-state index < -0.39 is 0 Å². The highest BCUT2D eigenvalue weighted by Crippen LogP contribution is 2.12. The fourth-order valence-corrected chi connectivity index (χ4v) is 2.48. The Labute approximate surface area is 147 Å². The monoisotopic (exact) mass is 332 g/mol. The molecular weight excluding hydrogens is 312 g/mol. The van der Waals surface area contributed by atoms with Gasteiger partial charge in [-0.15, -0.1) is 0 Å². The number of nitrogens with zero attached hydrogens (tertiary/aromatic N) is 2. The summed E-state index contributed by atoms with van der Waals surface area (Å²) in [5.41, 5.74) is 3.42. The van der Waals surface area contributed by atoms with Crippen LogP contribution in [0, 0.1) is 6.92 Å². The Bertz CT molecular complexity index is 849. The van der Waals surface area contributed by atoms with Gasteiger partial charge < -0.3 is 10.6 Å². The molecule has 3 rings (SSSR count). The minimum Gasteiger partial charge on any atom is -0.370 e. The lowest BCUT2D eigenvalue weighted by Crippen LogP contribution is -2.15. The quantitative estimate of drug-likeness (QED) is 0.722. The van der Waals surface area contributed by atoms with Gasteiger partial charge in [0.25, 0.3) is 5.91 Å². The predicted octanol–water partition coefficient (Wildman–Crippen LogP) is 3.69. The smallest absolute Gasteiger partial charge is 0.274 e. The summed E-state index contributed by atoms with van der Waals surface area (Å²) in [7, 11) is 0. The zero-order chi connectivity index (χ0) is 17.5. The highest BCUT2D eigenvalue weighted by molar-refractivity contribution is 6.03. The third-order valence-corrected chi connectivity index (χ3v) is 3.74. The summed E-state index contributed by atoms with van der Waals surface area (Å²) in [5, 5.41) is 6.08. The maximum Gasteiger partial charge on any atom is 0.274 e. The Hall–Kier alpha value is -3.21. The third-order valence-electron chi connectivity index (χ3n) is 3.74. The van der Waals surface area contributed by atoms with Crippen LogP contribution >= 0.6 is 0 Å². The van der Waals surface area contributed by atoms with Crippen LogP contribution in [0.5, 0.6) is 0 Å². The molecule has 3 aromatic rings. The van der Waals surface area contributed by atoms with Gasteiger partial charge in [0.05, 0.1) is 0 Å². The molecule has 5 nitrogen and oxygen atoms in total. The van der Waals surface area contributed by atoms with E-state index in [0.29, 0.717) is 11.5 Å². The fraction of sp³-hybridized carbons (Fsp3) is 0.150. The van der Waals surface area contributed by atoms with E-state index in [-0.39, 0.29) is 5.91 Å². The van der Waals surface area contributed by atoms with Crippen LogP contribution in [0.25, 0.3) is 0 Å². The zero-order valence-electron chi connectivity index (χ0n) is 14.1. The number of aryl methyl sites for hydroxylation is 1. The number of nitrogens with one attached hydrogen (secondary N) is 2.